The van der Waals surface area contributed by atoms with Crippen LogP contribution in [0.4, 0.5) is 0 Å². The largest absolute Gasteiger partial charge is 0.490 e. The van der Waals surface area contributed by atoms with Crippen LogP contribution >= 0.6 is 0 Å². The average molecular weight is 587 g/mol. The number of benzene rings is 3. The first-order valence-electron chi connectivity index (χ1n) is 14.6. The third-order valence-electron chi connectivity index (χ3n) is 7.95. The molecule has 0 unspecified atom stereocenters. The lowest BCUT2D eigenvalue weighted by atomic mass is 9.93. The van der Waals surface area contributed by atoms with Crippen LogP contribution in [0.2, 0.25) is 0 Å². The van der Waals surface area contributed by atoms with Crippen LogP contribution in [0.15, 0.2) is 66.2 Å². The Hall–Kier alpha value is -4.50. The van der Waals surface area contributed by atoms with Crippen LogP contribution in [0.5, 0.6) is 23.0 Å². The zero-order valence-corrected chi connectivity index (χ0v) is 24.6. The van der Waals surface area contributed by atoms with E-state index in [2.05, 4.69) is 54.4 Å². The van der Waals surface area contributed by atoms with Gasteiger partial charge in [0.2, 0.25) is 6.79 Å². The van der Waals surface area contributed by atoms with Crippen LogP contribution < -0.4 is 24.3 Å². The molecule has 1 fully saturated rings. The molecule has 1 saturated carbocycles. The summed E-state index contributed by atoms with van der Waals surface area (Å²) in [5, 5.41) is 10.3. The Labute approximate surface area is 252 Å². The second-order valence-electron chi connectivity index (χ2n) is 10.7. The van der Waals surface area contributed by atoms with Crippen molar-refractivity contribution in [3.8, 4) is 23.0 Å². The molecule has 1 amide bonds. The first-order chi connectivity index (χ1) is 21.0. The van der Waals surface area contributed by atoms with E-state index in [1.54, 1.807) is 0 Å². The van der Waals surface area contributed by atoms with Gasteiger partial charge < -0.3 is 34.3 Å². The van der Waals surface area contributed by atoms with Gasteiger partial charge in [0.25, 0.3) is 12.4 Å². The Bertz CT molecular complexity index is 1460. The first-order valence-corrected chi connectivity index (χ1v) is 14.6. The predicted octanol–water partition coefficient (Wildman–Crippen LogP) is 5.13. The van der Waals surface area contributed by atoms with Gasteiger partial charge in [0.1, 0.15) is 24.7 Å². The Morgan fingerprint density at radius 2 is 1.70 bits per heavy atom. The number of rotatable bonds is 10. The quantitative estimate of drug-likeness (QED) is 0.249. The minimum absolute atomic E-state index is 0.159. The van der Waals surface area contributed by atoms with E-state index >= 15 is 0 Å². The number of hydrogen-bond acceptors (Lipinski definition) is 7. The summed E-state index contributed by atoms with van der Waals surface area (Å²) >= 11 is 0. The molecule has 2 aliphatic heterocycles. The molecule has 3 aromatic carbocycles. The summed E-state index contributed by atoms with van der Waals surface area (Å²) in [5.74, 6) is 3.08. The van der Waals surface area contributed by atoms with Crippen LogP contribution in [0.25, 0.3) is 5.57 Å². The van der Waals surface area contributed by atoms with Crippen molar-refractivity contribution in [2.24, 2.45) is 0 Å². The van der Waals surface area contributed by atoms with E-state index in [1.165, 1.54) is 16.7 Å². The summed E-state index contributed by atoms with van der Waals surface area (Å²) in [4.78, 5) is 24.4. The van der Waals surface area contributed by atoms with Crippen molar-refractivity contribution in [1.82, 2.24) is 10.2 Å². The molecule has 0 saturated heterocycles. The lowest BCUT2D eigenvalue weighted by Gasteiger charge is -2.29. The summed E-state index contributed by atoms with van der Waals surface area (Å²) in [5.41, 5.74) is 6.87. The highest BCUT2D eigenvalue weighted by molar-refractivity contribution is 6.02. The minimum atomic E-state index is -0.250. The molecular formula is C34H38N2O7. The third kappa shape index (κ3) is 7.48. The molecule has 226 valence electrons. The summed E-state index contributed by atoms with van der Waals surface area (Å²) < 4.78 is 22.4. The molecule has 3 aliphatic rings. The molecule has 6 rings (SSSR count). The molecule has 0 aromatic heterocycles. The Balaban J connectivity index is 0.00000118. The Kier molecular flexibility index (Phi) is 9.84. The maximum Gasteiger partial charge on any atom is 0.290 e. The fourth-order valence-corrected chi connectivity index (χ4v) is 5.34. The summed E-state index contributed by atoms with van der Waals surface area (Å²) in [6.07, 6.45) is 2.99. The molecule has 3 aromatic rings. The van der Waals surface area contributed by atoms with Gasteiger partial charge in [-0.15, -0.1) is 0 Å². The van der Waals surface area contributed by atoms with E-state index in [9.17, 15) is 4.79 Å². The molecule has 2 heterocycles. The number of aryl methyl sites for hydroxylation is 1. The number of carbonyl (C=O) groups is 2. The van der Waals surface area contributed by atoms with Gasteiger partial charge in [-0.05, 0) is 91.7 Å². The SMILES string of the molecule is Cc1cccc(CN(C(=O)C2=C(c3ccc(OCCOc4ccc5c(c4)OCO5)cc3)CCNC2)C2CC2)c1C.O=CO. The van der Waals surface area contributed by atoms with Crippen molar-refractivity contribution in [2.75, 3.05) is 33.1 Å². The number of hydrogen-bond donors (Lipinski definition) is 2. The summed E-state index contributed by atoms with van der Waals surface area (Å²) in [6.45, 7) is 7.23. The number of nitrogens with one attached hydrogen (secondary N) is 1. The van der Waals surface area contributed by atoms with Gasteiger partial charge in [0.15, 0.2) is 11.5 Å². The molecule has 9 nitrogen and oxygen atoms in total. The van der Waals surface area contributed by atoms with Gasteiger partial charge >= 0.3 is 0 Å². The van der Waals surface area contributed by atoms with E-state index < -0.39 is 0 Å². The molecule has 1 aliphatic carbocycles. The monoisotopic (exact) mass is 586 g/mol. The Morgan fingerprint density at radius 3 is 2.44 bits per heavy atom. The third-order valence-corrected chi connectivity index (χ3v) is 7.95. The maximum absolute atomic E-state index is 14.0. The highest BCUT2D eigenvalue weighted by atomic mass is 16.7. The smallest absolute Gasteiger partial charge is 0.290 e. The first kappa shape index (κ1) is 30.0. The zero-order chi connectivity index (χ0) is 30.2. The molecule has 0 radical (unpaired) electrons. The summed E-state index contributed by atoms with van der Waals surface area (Å²) in [6, 6.07) is 20.3. The van der Waals surface area contributed by atoms with E-state index in [0.29, 0.717) is 38.1 Å². The highest BCUT2D eigenvalue weighted by Gasteiger charge is 2.35. The van der Waals surface area contributed by atoms with Crippen LogP contribution in [0.1, 0.15) is 41.5 Å². The standard InChI is InChI=1S/C33H36N2O5.CH2O2/c1-22-4-3-5-25(23(22)2)20-35(26-8-9-26)33(36)30-19-34-15-14-29(30)24-6-10-27(11-7-24)37-16-17-38-28-12-13-31-32(18-28)40-21-39-31;2-1-3/h3-7,10-13,18,26,34H,8-9,14-17,19-21H2,1-2H3;1H,(H,2,3). The second-order valence-corrected chi connectivity index (χ2v) is 10.7. The van der Waals surface area contributed by atoms with Gasteiger partial charge in [0.05, 0.1) is 0 Å². The molecule has 0 bridgehead atoms. The molecule has 43 heavy (non-hydrogen) atoms. The fourth-order valence-electron chi connectivity index (χ4n) is 5.34. The minimum Gasteiger partial charge on any atom is -0.490 e. The van der Waals surface area contributed by atoms with Gasteiger partial charge in [0, 0.05) is 30.8 Å². The van der Waals surface area contributed by atoms with E-state index in [1.807, 2.05) is 30.3 Å². The van der Waals surface area contributed by atoms with E-state index in [-0.39, 0.29) is 19.2 Å². The molecule has 0 spiro atoms. The molecule has 2 N–H and O–H groups in total. The van der Waals surface area contributed by atoms with Crippen LogP contribution in [-0.4, -0.2) is 61.5 Å². The molecule has 0 atom stereocenters. The number of amides is 1. The summed E-state index contributed by atoms with van der Waals surface area (Å²) in [7, 11) is 0. The lowest BCUT2D eigenvalue weighted by molar-refractivity contribution is -0.128. The Morgan fingerprint density at radius 1 is 1.00 bits per heavy atom. The van der Waals surface area contributed by atoms with Gasteiger partial charge in [-0.2, -0.15) is 0 Å². The lowest BCUT2D eigenvalue weighted by Crippen LogP contribution is -2.39. The number of fused-ring (bicyclic) bond motifs is 1. The number of nitrogens with zero attached hydrogens (tertiary/aromatic N) is 1. The molecular weight excluding hydrogens is 548 g/mol. The van der Waals surface area contributed by atoms with Crippen molar-refractivity contribution in [2.45, 2.75) is 45.7 Å². The second kappa shape index (κ2) is 14.1. The van der Waals surface area contributed by atoms with Crippen LogP contribution in [0.3, 0.4) is 0 Å². The maximum atomic E-state index is 14.0. The highest BCUT2D eigenvalue weighted by Crippen LogP contribution is 2.36. The number of carbonyl (C=O) groups excluding carboxylic acids is 1. The predicted molar refractivity (Wildman–Crippen MR) is 163 cm³/mol. The van der Waals surface area contributed by atoms with Crippen molar-refractivity contribution < 1.29 is 33.6 Å². The zero-order valence-electron chi connectivity index (χ0n) is 24.6. The van der Waals surface area contributed by atoms with Crippen LogP contribution in [-0.2, 0) is 16.1 Å². The topological polar surface area (TPSA) is 107 Å². The van der Waals surface area contributed by atoms with Crippen molar-refractivity contribution in [3.05, 3.63) is 88.5 Å². The average Bonchev–Trinajstić information content (AvgIpc) is 3.76. The normalized spacial score (nSPS) is 15.3. The van der Waals surface area contributed by atoms with E-state index in [0.717, 1.165) is 59.8 Å². The fraction of sp³-hybridized carbons (Fsp3) is 0.353. The molecule has 9 heteroatoms. The van der Waals surface area contributed by atoms with Crippen molar-refractivity contribution in [3.63, 3.8) is 0 Å². The van der Waals surface area contributed by atoms with Crippen LogP contribution in [0, 0.1) is 13.8 Å². The van der Waals surface area contributed by atoms with Gasteiger partial charge in [-0.3, -0.25) is 9.59 Å². The number of ether oxygens (including phenoxy) is 4. The number of carboxylic acid groups (broad SMARTS) is 1. The van der Waals surface area contributed by atoms with Crippen molar-refractivity contribution in [1.29, 1.82) is 0 Å². The van der Waals surface area contributed by atoms with Gasteiger partial charge in [-0.25, -0.2) is 0 Å². The van der Waals surface area contributed by atoms with Gasteiger partial charge in [-0.1, -0.05) is 30.3 Å². The van der Waals surface area contributed by atoms with E-state index in [4.69, 9.17) is 28.8 Å². The van der Waals surface area contributed by atoms with Crippen molar-refractivity contribution >= 4 is 18.0 Å².